The quantitative estimate of drug-likeness (QED) is 0.586. The van der Waals surface area contributed by atoms with Gasteiger partial charge in [-0.15, -0.1) is 0 Å². The summed E-state index contributed by atoms with van der Waals surface area (Å²) in [5.41, 5.74) is 1.19. The predicted molar refractivity (Wildman–Crippen MR) is 98.5 cm³/mol. The lowest BCUT2D eigenvalue weighted by atomic mass is 10.1. The summed E-state index contributed by atoms with van der Waals surface area (Å²) in [5, 5.41) is 5.44. The average Bonchev–Trinajstić information content (AvgIpc) is 2.52. The molecule has 0 aliphatic carbocycles. The Labute approximate surface area is 149 Å². The van der Waals surface area contributed by atoms with Crippen molar-refractivity contribution in [2.24, 2.45) is 0 Å². The third-order valence-electron chi connectivity index (χ3n) is 3.20. The van der Waals surface area contributed by atoms with Crippen molar-refractivity contribution in [1.29, 1.82) is 0 Å². The van der Waals surface area contributed by atoms with Crippen molar-refractivity contribution in [2.45, 2.75) is 39.7 Å². The molecule has 0 aromatic heterocycles. The predicted octanol–water partition coefficient (Wildman–Crippen LogP) is 3.13. The largest absolute Gasteiger partial charge is 0.496 e. The van der Waals surface area contributed by atoms with Crippen molar-refractivity contribution >= 4 is 17.6 Å². The summed E-state index contributed by atoms with van der Waals surface area (Å²) in [6.07, 6.45) is 1.71. The lowest BCUT2D eigenvalue weighted by Crippen LogP contribution is -2.34. The van der Waals surface area contributed by atoms with Gasteiger partial charge in [0, 0.05) is 24.7 Å². The molecule has 0 fully saturated rings. The van der Waals surface area contributed by atoms with E-state index >= 15 is 0 Å². The van der Waals surface area contributed by atoms with Gasteiger partial charge in [0.1, 0.15) is 11.4 Å². The Balaban J connectivity index is 2.36. The number of allylic oxidation sites excluding steroid dienone is 1. The van der Waals surface area contributed by atoms with Crippen molar-refractivity contribution in [3.63, 3.8) is 0 Å². The Morgan fingerprint density at radius 3 is 2.40 bits per heavy atom. The number of nitrogens with one attached hydrogen (secondary N) is 2. The number of methoxy groups -OCH3 is 1. The Bertz CT molecular complexity index is 618. The number of para-hydroxylation sites is 1. The van der Waals surface area contributed by atoms with E-state index in [4.69, 9.17) is 9.47 Å². The zero-order chi connectivity index (χ0) is 18.9. The van der Waals surface area contributed by atoms with Crippen molar-refractivity contribution in [3.05, 3.63) is 35.9 Å². The molecule has 0 unspecified atom stereocenters. The number of carbonyl (C=O) groups excluding carboxylic acids is 2. The zero-order valence-corrected chi connectivity index (χ0v) is 15.6. The summed E-state index contributed by atoms with van der Waals surface area (Å²) >= 11 is 0. The first-order chi connectivity index (χ1) is 11.7. The Morgan fingerprint density at radius 2 is 1.76 bits per heavy atom. The molecule has 0 radical (unpaired) electrons. The zero-order valence-electron chi connectivity index (χ0n) is 15.6. The molecule has 0 aliphatic rings. The van der Waals surface area contributed by atoms with Crippen LogP contribution in [-0.2, 0) is 9.53 Å². The highest BCUT2D eigenvalue weighted by Crippen LogP contribution is 2.24. The van der Waals surface area contributed by atoms with Gasteiger partial charge in [-0.25, -0.2) is 4.79 Å². The normalized spacial score (nSPS) is 11.6. The van der Waals surface area contributed by atoms with E-state index in [2.05, 4.69) is 10.6 Å². The van der Waals surface area contributed by atoms with Gasteiger partial charge < -0.3 is 20.1 Å². The average molecular weight is 348 g/mol. The first kappa shape index (κ1) is 20.5. The van der Waals surface area contributed by atoms with Crippen LogP contribution in [0.1, 0.15) is 39.7 Å². The molecule has 1 rings (SSSR count). The summed E-state index contributed by atoms with van der Waals surface area (Å²) in [4.78, 5) is 23.4. The lowest BCUT2D eigenvalue weighted by Gasteiger charge is -2.19. The van der Waals surface area contributed by atoms with Gasteiger partial charge >= 0.3 is 6.09 Å². The Hall–Kier alpha value is -2.50. The maximum absolute atomic E-state index is 12.0. The third kappa shape index (κ3) is 8.24. The Kier molecular flexibility index (Phi) is 7.98. The summed E-state index contributed by atoms with van der Waals surface area (Å²) < 4.78 is 10.4. The number of carbonyl (C=O) groups is 2. The van der Waals surface area contributed by atoms with Crippen LogP contribution in [0.2, 0.25) is 0 Å². The molecule has 1 aromatic carbocycles. The van der Waals surface area contributed by atoms with Gasteiger partial charge in [0.25, 0.3) is 0 Å². The van der Waals surface area contributed by atoms with Crippen LogP contribution in [0, 0.1) is 0 Å². The van der Waals surface area contributed by atoms with Gasteiger partial charge in [0.15, 0.2) is 0 Å². The van der Waals surface area contributed by atoms with E-state index in [-0.39, 0.29) is 5.91 Å². The topological polar surface area (TPSA) is 76.7 Å². The summed E-state index contributed by atoms with van der Waals surface area (Å²) in [7, 11) is 1.60. The number of alkyl carbamates (subject to hydrolysis) is 1. The van der Waals surface area contributed by atoms with Crippen LogP contribution in [0.15, 0.2) is 30.3 Å². The SMILES string of the molecule is COc1ccccc1/C(C)=C/C(=O)NCCCNC(=O)OC(C)(C)C. The van der Waals surface area contributed by atoms with Crippen molar-refractivity contribution in [2.75, 3.05) is 20.2 Å². The first-order valence-electron chi connectivity index (χ1n) is 8.29. The molecule has 2 N–H and O–H groups in total. The monoisotopic (exact) mass is 348 g/mol. The smallest absolute Gasteiger partial charge is 0.407 e. The van der Waals surface area contributed by atoms with Crippen LogP contribution >= 0.6 is 0 Å². The van der Waals surface area contributed by atoms with Gasteiger partial charge in [-0.05, 0) is 45.8 Å². The molecule has 0 bridgehead atoms. The molecular weight excluding hydrogens is 320 g/mol. The van der Waals surface area contributed by atoms with Gasteiger partial charge in [-0.3, -0.25) is 4.79 Å². The number of benzene rings is 1. The number of hydrogen-bond donors (Lipinski definition) is 2. The third-order valence-corrected chi connectivity index (χ3v) is 3.20. The standard InChI is InChI=1S/C19H28N2O4/c1-14(15-9-6-7-10-16(15)24-5)13-17(22)20-11-8-12-21-18(23)25-19(2,3)4/h6-7,9-10,13H,8,11-12H2,1-5H3,(H,20,22)(H,21,23)/b14-13+. The molecule has 1 aromatic rings. The van der Waals surface area contributed by atoms with Crippen LogP contribution < -0.4 is 15.4 Å². The highest BCUT2D eigenvalue weighted by molar-refractivity contribution is 5.95. The minimum atomic E-state index is -0.515. The molecule has 0 saturated heterocycles. The minimum absolute atomic E-state index is 0.180. The van der Waals surface area contributed by atoms with E-state index in [9.17, 15) is 9.59 Å². The second-order valence-electron chi connectivity index (χ2n) is 6.60. The molecule has 0 spiro atoms. The summed E-state index contributed by atoms with van der Waals surface area (Å²) in [6, 6.07) is 7.54. The van der Waals surface area contributed by atoms with Crippen LogP contribution in [-0.4, -0.2) is 37.8 Å². The van der Waals surface area contributed by atoms with Gasteiger partial charge in [-0.2, -0.15) is 0 Å². The first-order valence-corrected chi connectivity index (χ1v) is 8.29. The van der Waals surface area contributed by atoms with E-state index in [1.54, 1.807) is 13.2 Å². The van der Waals surface area contributed by atoms with Gasteiger partial charge in [0.2, 0.25) is 5.91 Å². The summed E-state index contributed by atoms with van der Waals surface area (Å²) in [5.74, 6) is 0.547. The molecule has 0 heterocycles. The molecule has 25 heavy (non-hydrogen) atoms. The molecule has 6 nitrogen and oxygen atoms in total. The molecule has 138 valence electrons. The highest BCUT2D eigenvalue weighted by Gasteiger charge is 2.15. The van der Waals surface area contributed by atoms with Crippen LogP contribution in [0.5, 0.6) is 5.75 Å². The fourth-order valence-electron chi connectivity index (χ4n) is 2.10. The number of hydrogen-bond acceptors (Lipinski definition) is 4. The second-order valence-corrected chi connectivity index (χ2v) is 6.60. The number of ether oxygens (including phenoxy) is 2. The van der Waals surface area contributed by atoms with Gasteiger partial charge in [0.05, 0.1) is 7.11 Å². The van der Waals surface area contributed by atoms with Crippen LogP contribution in [0.25, 0.3) is 5.57 Å². The molecule has 0 aliphatic heterocycles. The molecule has 6 heteroatoms. The summed E-state index contributed by atoms with van der Waals surface area (Å²) in [6.45, 7) is 8.19. The lowest BCUT2D eigenvalue weighted by molar-refractivity contribution is -0.116. The van der Waals surface area contributed by atoms with Gasteiger partial charge in [-0.1, -0.05) is 18.2 Å². The maximum atomic E-state index is 12.0. The highest BCUT2D eigenvalue weighted by atomic mass is 16.6. The minimum Gasteiger partial charge on any atom is -0.496 e. The second kappa shape index (κ2) is 9.71. The number of amides is 2. The van der Waals surface area contributed by atoms with E-state index in [0.29, 0.717) is 19.5 Å². The fraction of sp³-hybridized carbons (Fsp3) is 0.474. The van der Waals surface area contributed by atoms with E-state index < -0.39 is 11.7 Å². The van der Waals surface area contributed by atoms with Crippen molar-refractivity contribution in [3.8, 4) is 5.75 Å². The van der Waals surface area contributed by atoms with E-state index in [1.807, 2.05) is 52.0 Å². The number of rotatable bonds is 7. The fourth-order valence-corrected chi connectivity index (χ4v) is 2.10. The Morgan fingerprint density at radius 1 is 1.12 bits per heavy atom. The molecule has 0 saturated carbocycles. The van der Waals surface area contributed by atoms with Crippen LogP contribution in [0.4, 0.5) is 4.79 Å². The van der Waals surface area contributed by atoms with Crippen molar-refractivity contribution < 1.29 is 19.1 Å². The maximum Gasteiger partial charge on any atom is 0.407 e. The van der Waals surface area contributed by atoms with E-state index in [1.165, 1.54) is 0 Å². The van der Waals surface area contributed by atoms with Crippen LogP contribution in [0.3, 0.4) is 0 Å². The molecule has 2 amide bonds. The molecule has 0 atom stereocenters. The molecular formula is C19H28N2O4. The van der Waals surface area contributed by atoms with E-state index in [0.717, 1.165) is 16.9 Å². The van der Waals surface area contributed by atoms with Crippen molar-refractivity contribution in [1.82, 2.24) is 10.6 Å².